The third kappa shape index (κ3) is 1.09. The molecule has 0 aliphatic carbocycles. The summed E-state index contributed by atoms with van der Waals surface area (Å²) in [5.41, 5.74) is 0. The van der Waals surface area contributed by atoms with Crippen molar-refractivity contribution < 1.29 is 4.92 Å². The van der Waals surface area contributed by atoms with E-state index < -0.39 is 11.1 Å². The second-order valence-electron chi connectivity index (χ2n) is 1.77. The highest BCUT2D eigenvalue weighted by Crippen LogP contribution is 1.98. The van der Waals surface area contributed by atoms with Crippen LogP contribution >= 0.6 is 0 Å². The molecule has 0 N–H and O–H groups in total. The van der Waals surface area contributed by atoms with Crippen LogP contribution < -0.4 is 0 Å². The van der Waals surface area contributed by atoms with E-state index in [1.807, 2.05) is 0 Å². The minimum absolute atomic E-state index is 0.458. The Morgan fingerprint density at radius 2 is 2.10 bits per heavy atom. The van der Waals surface area contributed by atoms with Gasteiger partial charge in [0.1, 0.15) is 0 Å². The fourth-order valence-corrected chi connectivity index (χ4v) is 0.503. The third-order valence-electron chi connectivity index (χ3n) is 1.08. The van der Waals surface area contributed by atoms with Crippen molar-refractivity contribution >= 4 is 0 Å². The number of hydrogen-bond acceptors (Lipinski definition) is 4. The van der Waals surface area contributed by atoms with E-state index in [-0.39, 0.29) is 0 Å². The molecule has 1 heterocycles. The smallest absolute Gasteiger partial charge is 0.262 e. The van der Waals surface area contributed by atoms with Crippen molar-refractivity contribution in [2.24, 2.45) is 0 Å². The van der Waals surface area contributed by atoms with Gasteiger partial charge >= 0.3 is 6.17 Å². The summed E-state index contributed by atoms with van der Waals surface area (Å²) in [6, 6.07) is 0. The van der Waals surface area contributed by atoms with Crippen LogP contribution in [0.15, 0.2) is 12.4 Å². The predicted molar refractivity (Wildman–Crippen MR) is 31.7 cm³/mol. The van der Waals surface area contributed by atoms with E-state index in [4.69, 9.17) is 0 Å². The lowest BCUT2D eigenvalue weighted by molar-refractivity contribution is -0.547. The Balaban J connectivity index is 2.77. The lowest BCUT2D eigenvalue weighted by Gasteiger charge is -1.99. The standard InChI is InChI=1S/C4H6N4O2/c1-4(8(9)10)7-5-2-3-6-7/h2-4H,1H3. The molecule has 54 valence electrons. The molecular formula is C4H6N4O2. The topological polar surface area (TPSA) is 73.8 Å². The number of aromatic nitrogens is 3. The minimum atomic E-state index is -0.880. The van der Waals surface area contributed by atoms with E-state index in [1.54, 1.807) is 0 Å². The van der Waals surface area contributed by atoms with Gasteiger partial charge in [-0.05, 0) is 0 Å². The van der Waals surface area contributed by atoms with E-state index in [0.29, 0.717) is 0 Å². The van der Waals surface area contributed by atoms with Gasteiger partial charge in [0.05, 0.1) is 12.4 Å². The first-order chi connectivity index (χ1) is 4.72. The van der Waals surface area contributed by atoms with Gasteiger partial charge in [0.15, 0.2) is 0 Å². The highest BCUT2D eigenvalue weighted by Gasteiger charge is 2.14. The second kappa shape index (κ2) is 2.42. The van der Waals surface area contributed by atoms with Gasteiger partial charge < -0.3 is 0 Å². The van der Waals surface area contributed by atoms with Crippen molar-refractivity contribution in [1.82, 2.24) is 15.0 Å². The molecule has 6 heteroatoms. The molecule has 0 amide bonds. The molecule has 0 saturated heterocycles. The Hall–Kier alpha value is -1.46. The molecule has 0 aliphatic rings. The maximum absolute atomic E-state index is 10.1. The molecule has 1 rings (SSSR count). The van der Waals surface area contributed by atoms with Crippen LogP contribution in [-0.2, 0) is 0 Å². The van der Waals surface area contributed by atoms with Crippen molar-refractivity contribution in [1.29, 1.82) is 0 Å². The predicted octanol–water partition coefficient (Wildman–Crippen LogP) is 0.0733. The molecule has 0 fully saturated rings. The average molecular weight is 142 g/mol. The zero-order chi connectivity index (χ0) is 7.56. The maximum atomic E-state index is 10.1. The molecule has 10 heavy (non-hydrogen) atoms. The monoisotopic (exact) mass is 142 g/mol. The van der Waals surface area contributed by atoms with Crippen LogP contribution in [0, 0.1) is 10.1 Å². The molecule has 0 aromatic carbocycles. The molecule has 1 atom stereocenters. The van der Waals surface area contributed by atoms with Gasteiger partial charge in [-0.2, -0.15) is 10.2 Å². The molecular weight excluding hydrogens is 136 g/mol. The van der Waals surface area contributed by atoms with Gasteiger partial charge in [-0.25, -0.2) is 0 Å². The Morgan fingerprint density at radius 1 is 1.60 bits per heavy atom. The Kier molecular flexibility index (Phi) is 1.61. The fraction of sp³-hybridized carbons (Fsp3) is 0.500. The number of nitro groups is 1. The first kappa shape index (κ1) is 6.66. The zero-order valence-corrected chi connectivity index (χ0v) is 5.34. The Morgan fingerprint density at radius 3 is 2.50 bits per heavy atom. The highest BCUT2D eigenvalue weighted by atomic mass is 16.6. The SMILES string of the molecule is CC(n1nccn1)[N+](=O)[O-]. The van der Waals surface area contributed by atoms with Gasteiger partial charge in [0, 0.05) is 11.8 Å². The maximum Gasteiger partial charge on any atom is 0.318 e. The summed E-state index contributed by atoms with van der Waals surface area (Å²) in [4.78, 5) is 10.7. The van der Waals surface area contributed by atoms with E-state index >= 15 is 0 Å². The van der Waals surface area contributed by atoms with Gasteiger partial charge in [-0.1, -0.05) is 0 Å². The molecule has 0 saturated carbocycles. The second-order valence-corrected chi connectivity index (χ2v) is 1.77. The highest BCUT2D eigenvalue weighted by molar-refractivity contribution is 4.60. The molecule has 0 bridgehead atoms. The number of rotatable bonds is 2. The molecule has 1 aromatic heterocycles. The Bertz CT molecular complexity index is 219. The summed E-state index contributed by atoms with van der Waals surface area (Å²) in [7, 11) is 0. The van der Waals surface area contributed by atoms with Crippen LogP contribution in [0.2, 0.25) is 0 Å². The van der Waals surface area contributed by atoms with Gasteiger partial charge in [-0.3, -0.25) is 10.1 Å². The van der Waals surface area contributed by atoms with Crippen LogP contribution in [0.25, 0.3) is 0 Å². The van der Waals surface area contributed by atoms with Crippen molar-refractivity contribution in [2.75, 3.05) is 0 Å². The lowest BCUT2D eigenvalue weighted by atomic mass is 10.6. The average Bonchev–Trinajstić information content (AvgIpc) is 2.36. The van der Waals surface area contributed by atoms with Crippen molar-refractivity contribution in [3.05, 3.63) is 22.5 Å². The summed E-state index contributed by atoms with van der Waals surface area (Å²) in [5.74, 6) is 0. The first-order valence-electron chi connectivity index (χ1n) is 2.71. The molecule has 0 spiro atoms. The van der Waals surface area contributed by atoms with Gasteiger partial charge in [0.25, 0.3) is 0 Å². The van der Waals surface area contributed by atoms with Crippen LogP contribution in [-0.4, -0.2) is 19.9 Å². The van der Waals surface area contributed by atoms with Crippen LogP contribution in [0.5, 0.6) is 0 Å². The first-order valence-corrected chi connectivity index (χ1v) is 2.71. The van der Waals surface area contributed by atoms with Crippen LogP contribution in [0.3, 0.4) is 0 Å². The van der Waals surface area contributed by atoms with Crippen molar-refractivity contribution in [3.63, 3.8) is 0 Å². The summed E-state index contributed by atoms with van der Waals surface area (Å²) < 4.78 is 0. The molecule has 1 aromatic rings. The van der Waals surface area contributed by atoms with Crippen LogP contribution in [0.1, 0.15) is 13.1 Å². The largest absolute Gasteiger partial charge is 0.318 e. The van der Waals surface area contributed by atoms with E-state index in [9.17, 15) is 10.1 Å². The van der Waals surface area contributed by atoms with Crippen molar-refractivity contribution in [2.45, 2.75) is 13.1 Å². The summed E-state index contributed by atoms with van der Waals surface area (Å²) in [5, 5.41) is 17.3. The van der Waals surface area contributed by atoms with Gasteiger partial charge in [0.2, 0.25) is 0 Å². The van der Waals surface area contributed by atoms with Crippen molar-refractivity contribution in [3.8, 4) is 0 Å². The van der Waals surface area contributed by atoms with Crippen LogP contribution in [0.4, 0.5) is 0 Å². The van der Waals surface area contributed by atoms with E-state index in [2.05, 4.69) is 10.2 Å². The molecule has 1 unspecified atom stereocenters. The summed E-state index contributed by atoms with van der Waals surface area (Å²) >= 11 is 0. The molecule has 6 nitrogen and oxygen atoms in total. The molecule has 0 aliphatic heterocycles. The number of nitrogens with zero attached hydrogens (tertiary/aromatic N) is 4. The third-order valence-corrected chi connectivity index (χ3v) is 1.08. The molecule has 0 radical (unpaired) electrons. The number of hydrogen-bond donors (Lipinski definition) is 0. The lowest BCUT2D eigenvalue weighted by Crippen LogP contribution is -2.16. The van der Waals surface area contributed by atoms with E-state index in [1.165, 1.54) is 19.3 Å². The Labute approximate surface area is 56.6 Å². The van der Waals surface area contributed by atoms with Gasteiger partial charge in [-0.15, -0.1) is 4.80 Å². The minimum Gasteiger partial charge on any atom is -0.262 e. The summed E-state index contributed by atoms with van der Waals surface area (Å²) in [6.45, 7) is 1.42. The quantitative estimate of drug-likeness (QED) is 0.432. The fourth-order valence-electron chi connectivity index (χ4n) is 0.503. The normalized spacial score (nSPS) is 12.9. The van der Waals surface area contributed by atoms with E-state index in [0.717, 1.165) is 4.80 Å². The zero-order valence-electron chi connectivity index (χ0n) is 5.34. The summed E-state index contributed by atoms with van der Waals surface area (Å²) in [6.07, 6.45) is 1.93.